The number of ether oxygens (including phenoxy) is 1. The molecule has 0 bridgehead atoms. The van der Waals surface area contributed by atoms with E-state index in [0.29, 0.717) is 48.1 Å². The van der Waals surface area contributed by atoms with Gasteiger partial charge in [0.05, 0.1) is 16.8 Å². The zero-order valence-electron chi connectivity index (χ0n) is 21.6. The summed E-state index contributed by atoms with van der Waals surface area (Å²) in [5.74, 6) is -0.725. The number of nitrogens with two attached hydrogens (primary N) is 1. The Morgan fingerprint density at radius 3 is 2.73 bits per heavy atom. The Bertz CT molecular complexity index is 1360. The molecule has 2 amide bonds. The molecule has 1 fully saturated rings. The van der Waals surface area contributed by atoms with E-state index >= 15 is 4.39 Å². The molecule has 3 N–H and O–H groups in total. The maximum atomic E-state index is 15.4. The molecule has 3 aromatic rings. The summed E-state index contributed by atoms with van der Waals surface area (Å²) >= 11 is 6.32. The number of fused-ring (bicyclic) bond motifs is 1. The summed E-state index contributed by atoms with van der Waals surface area (Å²) in [5.41, 5.74) is 7.73. The van der Waals surface area contributed by atoms with Crippen LogP contribution < -0.4 is 15.8 Å². The zero-order chi connectivity index (χ0) is 27.0. The van der Waals surface area contributed by atoms with Crippen molar-refractivity contribution in [2.45, 2.75) is 53.1 Å². The highest BCUT2D eigenvalue weighted by Gasteiger charge is 2.31. The molecule has 2 aromatic heterocycles. The Hall–Kier alpha value is -3.40. The highest BCUT2D eigenvalue weighted by molar-refractivity contribution is 6.31. The number of anilines is 1. The van der Waals surface area contributed by atoms with Crippen molar-refractivity contribution in [3.8, 4) is 5.75 Å². The van der Waals surface area contributed by atoms with Gasteiger partial charge < -0.3 is 20.7 Å². The van der Waals surface area contributed by atoms with Crippen LogP contribution in [0.2, 0.25) is 5.02 Å². The Kier molecular flexibility index (Phi) is 7.59. The van der Waals surface area contributed by atoms with E-state index in [1.165, 1.54) is 13.0 Å². The summed E-state index contributed by atoms with van der Waals surface area (Å²) in [7, 11) is 0. The monoisotopic (exact) mass is 530 g/mol. The van der Waals surface area contributed by atoms with Gasteiger partial charge in [-0.25, -0.2) is 14.4 Å². The number of aromatic nitrogens is 3. The number of hydrogen-bond acceptors (Lipinski definition) is 6. The number of hydrogen-bond donors (Lipinski definition) is 2. The first-order valence-corrected chi connectivity index (χ1v) is 12.7. The van der Waals surface area contributed by atoms with Gasteiger partial charge in [-0.3, -0.25) is 14.0 Å². The summed E-state index contributed by atoms with van der Waals surface area (Å²) < 4.78 is 23.3. The number of halogens is 2. The van der Waals surface area contributed by atoms with Crippen molar-refractivity contribution in [3.63, 3.8) is 0 Å². The number of amides is 2. The molecule has 0 spiro atoms. The van der Waals surface area contributed by atoms with E-state index in [4.69, 9.17) is 27.1 Å². The third kappa shape index (κ3) is 5.20. The summed E-state index contributed by atoms with van der Waals surface area (Å²) in [4.78, 5) is 35.6. The molecule has 0 radical (unpaired) electrons. The van der Waals surface area contributed by atoms with Gasteiger partial charge in [-0.1, -0.05) is 18.5 Å². The second kappa shape index (κ2) is 10.5. The van der Waals surface area contributed by atoms with Gasteiger partial charge in [0, 0.05) is 50.4 Å². The Morgan fingerprint density at radius 1 is 1.35 bits per heavy atom. The van der Waals surface area contributed by atoms with Gasteiger partial charge in [0.25, 0.3) is 5.91 Å². The third-order valence-corrected chi connectivity index (χ3v) is 6.98. The number of nitrogens with one attached hydrogen (secondary N) is 1. The lowest BCUT2D eigenvalue weighted by molar-refractivity contribution is -0.127. The van der Waals surface area contributed by atoms with Gasteiger partial charge in [0.15, 0.2) is 5.82 Å². The highest BCUT2D eigenvalue weighted by atomic mass is 35.5. The fraction of sp³-hybridized carbons (Fsp3) is 0.462. The average molecular weight is 531 g/mol. The molecule has 2 unspecified atom stereocenters. The lowest BCUT2D eigenvalue weighted by Gasteiger charge is -2.23. The van der Waals surface area contributed by atoms with Gasteiger partial charge in [-0.15, -0.1) is 0 Å². The summed E-state index contributed by atoms with van der Waals surface area (Å²) in [5, 5.41) is 2.64. The Labute approximate surface area is 220 Å². The second-order valence-electron chi connectivity index (χ2n) is 9.77. The lowest BCUT2D eigenvalue weighted by atomic mass is 9.95. The first-order chi connectivity index (χ1) is 17.5. The number of aryl methyl sites for hydroxylation is 1. The smallest absolute Gasteiger partial charge is 0.258 e. The van der Waals surface area contributed by atoms with Crippen molar-refractivity contribution in [2.24, 2.45) is 5.92 Å². The van der Waals surface area contributed by atoms with Crippen LogP contribution in [0, 0.1) is 18.7 Å². The molecule has 37 heavy (non-hydrogen) atoms. The van der Waals surface area contributed by atoms with Crippen molar-refractivity contribution < 1.29 is 18.7 Å². The number of benzene rings is 1. The van der Waals surface area contributed by atoms with Gasteiger partial charge in [-0.05, 0) is 39.2 Å². The molecular formula is C26H32ClFN6O3. The standard InChI is InChI=1S/C26H32ClFN6O3/c1-13(2)37-23-18(14(3)25-32-15(4)22-24(29)30-7-9-34(22)25)10-19(27)21(28)20(23)26(36)31-11-17-6-8-33(12-17)16(5)35/h7,9-10,13-14,17H,6,8,11-12H2,1-5H3,(H2,29,30)(H,31,36). The Balaban J connectivity index is 1.73. The molecule has 9 nitrogen and oxygen atoms in total. The number of carbonyl (C=O) groups is 2. The molecule has 1 aromatic carbocycles. The minimum atomic E-state index is -0.847. The predicted molar refractivity (Wildman–Crippen MR) is 140 cm³/mol. The molecule has 11 heteroatoms. The average Bonchev–Trinajstić information content (AvgIpc) is 3.45. The Morgan fingerprint density at radius 2 is 2.08 bits per heavy atom. The van der Waals surface area contributed by atoms with E-state index in [-0.39, 0.29) is 34.3 Å². The number of likely N-dealkylation sites (tertiary alicyclic amines) is 1. The summed E-state index contributed by atoms with van der Waals surface area (Å²) in [6, 6.07) is 1.48. The predicted octanol–water partition coefficient (Wildman–Crippen LogP) is 3.95. The molecule has 3 heterocycles. The molecule has 0 saturated carbocycles. The van der Waals surface area contributed by atoms with Crippen molar-refractivity contribution in [1.82, 2.24) is 24.6 Å². The largest absolute Gasteiger partial charge is 0.490 e. The first-order valence-electron chi connectivity index (χ1n) is 12.3. The van der Waals surface area contributed by atoms with Gasteiger partial charge in [0.1, 0.15) is 28.5 Å². The van der Waals surface area contributed by atoms with E-state index in [0.717, 1.165) is 6.42 Å². The minimum Gasteiger partial charge on any atom is -0.490 e. The third-order valence-electron chi connectivity index (χ3n) is 6.70. The van der Waals surface area contributed by atoms with Crippen LogP contribution in [0.4, 0.5) is 10.2 Å². The second-order valence-corrected chi connectivity index (χ2v) is 10.2. The topological polar surface area (TPSA) is 115 Å². The maximum Gasteiger partial charge on any atom is 0.258 e. The van der Waals surface area contributed by atoms with Crippen LogP contribution in [0.5, 0.6) is 5.75 Å². The molecule has 1 saturated heterocycles. The number of carbonyl (C=O) groups excluding carboxylic acids is 2. The number of nitrogens with zero attached hydrogens (tertiary/aromatic N) is 4. The summed E-state index contributed by atoms with van der Waals surface area (Å²) in [6.45, 7) is 10.4. The zero-order valence-corrected chi connectivity index (χ0v) is 22.4. The molecule has 1 aliphatic heterocycles. The molecule has 4 rings (SSSR count). The molecule has 0 aliphatic carbocycles. The maximum absolute atomic E-state index is 15.4. The van der Waals surface area contributed by atoms with Gasteiger partial charge in [0.2, 0.25) is 5.91 Å². The molecule has 198 valence electrons. The summed E-state index contributed by atoms with van der Waals surface area (Å²) in [6.07, 6.45) is 3.76. The fourth-order valence-corrected chi connectivity index (χ4v) is 5.05. The van der Waals surface area contributed by atoms with Crippen LogP contribution in [-0.4, -0.2) is 56.8 Å². The number of imidazole rings is 1. The fourth-order valence-electron chi connectivity index (χ4n) is 4.84. The van der Waals surface area contributed by atoms with Crippen molar-refractivity contribution in [1.29, 1.82) is 0 Å². The van der Waals surface area contributed by atoms with Crippen LogP contribution in [0.1, 0.15) is 67.5 Å². The van der Waals surface area contributed by atoms with E-state index < -0.39 is 17.6 Å². The van der Waals surface area contributed by atoms with E-state index in [1.54, 1.807) is 31.1 Å². The van der Waals surface area contributed by atoms with Crippen LogP contribution in [0.25, 0.3) is 5.52 Å². The molecular weight excluding hydrogens is 499 g/mol. The van der Waals surface area contributed by atoms with Crippen molar-refractivity contribution in [3.05, 3.63) is 51.9 Å². The first kappa shape index (κ1) is 26.7. The van der Waals surface area contributed by atoms with Crippen LogP contribution in [0.15, 0.2) is 18.5 Å². The van der Waals surface area contributed by atoms with Crippen LogP contribution in [-0.2, 0) is 4.79 Å². The molecule has 1 aliphatic rings. The van der Waals surface area contributed by atoms with Crippen molar-refractivity contribution in [2.75, 3.05) is 25.4 Å². The quantitative estimate of drug-likeness (QED) is 0.478. The van der Waals surface area contributed by atoms with E-state index in [9.17, 15) is 9.59 Å². The SMILES string of the molecule is CC(=O)N1CCC(CNC(=O)c2c(F)c(Cl)cc(C(C)c3nc(C)c4c(N)nccn34)c2OC(C)C)C1. The molecule has 2 atom stereocenters. The highest BCUT2D eigenvalue weighted by Crippen LogP contribution is 2.40. The van der Waals surface area contributed by atoms with Crippen LogP contribution in [0.3, 0.4) is 0 Å². The van der Waals surface area contributed by atoms with E-state index in [2.05, 4.69) is 10.3 Å². The van der Waals surface area contributed by atoms with Gasteiger partial charge >= 0.3 is 0 Å². The lowest BCUT2D eigenvalue weighted by Crippen LogP contribution is -2.33. The number of nitrogen functional groups attached to an aromatic ring is 1. The van der Waals surface area contributed by atoms with E-state index in [1.807, 2.05) is 18.2 Å². The normalized spacial score (nSPS) is 16.4. The van der Waals surface area contributed by atoms with Gasteiger partial charge in [-0.2, -0.15) is 0 Å². The minimum absolute atomic E-state index is 0.000232. The van der Waals surface area contributed by atoms with Crippen molar-refractivity contribution >= 4 is 34.7 Å². The number of rotatable bonds is 7. The van der Waals surface area contributed by atoms with Crippen LogP contribution >= 0.6 is 11.6 Å².